The summed E-state index contributed by atoms with van der Waals surface area (Å²) < 4.78 is 32.4. The molecule has 7 heteroatoms. The standard InChI is InChI=1S/C14H19ClO5S/c1-2-9-19-10-11-20-14(16)8-5-12-3-6-13(7-4-12)21(15,17)18/h3-4,6-7H,2,5,8-11H2,1H3. The van der Waals surface area contributed by atoms with E-state index in [1.165, 1.54) is 12.1 Å². The van der Waals surface area contributed by atoms with E-state index in [1.54, 1.807) is 12.1 Å². The van der Waals surface area contributed by atoms with Crippen LogP contribution in [0.2, 0.25) is 0 Å². The number of rotatable bonds is 9. The molecule has 1 aromatic carbocycles. The minimum absolute atomic E-state index is 0.0450. The monoisotopic (exact) mass is 334 g/mol. The molecule has 118 valence electrons. The van der Waals surface area contributed by atoms with Crippen molar-refractivity contribution in [1.29, 1.82) is 0 Å². The molecule has 21 heavy (non-hydrogen) atoms. The summed E-state index contributed by atoms with van der Waals surface area (Å²) in [6, 6.07) is 6.10. The van der Waals surface area contributed by atoms with Crippen LogP contribution in [0.25, 0.3) is 0 Å². The van der Waals surface area contributed by atoms with Crippen molar-refractivity contribution in [2.24, 2.45) is 0 Å². The second kappa shape index (κ2) is 9.02. The van der Waals surface area contributed by atoms with Gasteiger partial charge in [-0.25, -0.2) is 8.42 Å². The van der Waals surface area contributed by atoms with Gasteiger partial charge in [0, 0.05) is 23.7 Å². The number of benzene rings is 1. The average molecular weight is 335 g/mol. The summed E-state index contributed by atoms with van der Waals surface area (Å²) in [4.78, 5) is 11.5. The van der Waals surface area contributed by atoms with Crippen molar-refractivity contribution in [2.75, 3.05) is 19.8 Å². The lowest BCUT2D eigenvalue weighted by molar-refractivity contribution is -0.145. The van der Waals surface area contributed by atoms with Crippen LogP contribution in [0.5, 0.6) is 0 Å². The van der Waals surface area contributed by atoms with Crippen LogP contribution in [0.3, 0.4) is 0 Å². The zero-order valence-corrected chi connectivity index (χ0v) is 13.5. The second-order valence-electron chi connectivity index (χ2n) is 4.41. The highest BCUT2D eigenvalue weighted by molar-refractivity contribution is 8.13. The van der Waals surface area contributed by atoms with Crippen molar-refractivity contribution >= 4 is 25.7 Å². The largest absolute Gasteiger partial charge is 0.463 e. The zero-order chi connectivity index (χ0) is 15.7. The van der Waals surface area contributed by atoms with Crippen LogP contribution >= 0.6 is 10.7 Å². The topological polar surface area (TPSA) is 69.7 Å². The lowest BCUT2D eigenvalue weighted by atomic mass is 10.1. The maximum Gasteiger partial charge on any atom is 0.306 e. The van der Waals surface area contributed by atoms with Crippen LogP contribution in [0, 0.1) is 0 Å². The van der Waals surface area contributed by atoms with Gasteiger partial charge in [-0.15, -0.1) is 0 Å². The molecule has 0 unspecified atom stereocenters. The summed E-state index contributed by atoms with van der Waals surface area (Å²) in [6.45, 7) is 3.32. The van der Waals surface area contributed by atoms with Gasteiger partial charge in [-0.05, 0) is 30.5 Å². The number of hydrogen-bond acceptors (Lipinski definition) is 5. The van der Waals surface area contributed by atoms with E-state index in [2.05, 4.69) is 0 Å². The fourth-order valence-electron chi connectivity index (χ4n) is 1.60. The van der Waals surface area contributed by atoms with E-state index < -0.39 is 9.05 Å². The summed E-state index contributed by atoms with van der Waals surface area (Å²) in [6.07, 6.45) is 1.65. The highest BCUT2D eigenvalue weighted by Crippen LogP contribution is 2.16. The van der Waals surface area contributed by atoms with Gasteiger partial charge in [0.05, 0.1) is 11.5 Å². The van der Waals surface area contributed by atoms with Gasteiger partial charge in [0.1, 0.15) is 6.61 Å². The van der Waals surface area contributed by atoms with Gasteiger partial charge in [0.2, 0.25) is 0 Å². The van der Waals surface area contributed by atoms with Gasteiger partial charge in [-0.3, -0.25) is 4.79 Å². The fourth-order valence-corrected chi connectivity index (χ4v) is 2.37. The van der Waals surface area contributed by atoms with Crippen molar-refractivity contribution < 1.29 is 22.7 Å². The molecule has 0 aliphatic carbocycles. The first kappa shape index (κ1) is 17.9. The molecule has 0 N–H and O–H groups in total. The van der Waals surface area contributed by atoms with E-state index >= 15 is 0 Å². The minimum atomic E-state index is -3.70. The molecule has 1 rings (SSSR count). The molecule has 0 aliphatic heterocycles. The lowest BCUT2D eigenvalue weighted by Crippen LogP contribution is -2.11. The Kier molecular flexibility index (Phi) is 7.71. The molecule has 0 radical (unpaired) electrons. The summed E-state index contributed by atoms with van der Waals surface area (Å²) in [7, 11) is 1.51. The Morgan fingerprint density at radius 2 is 1.81 bits per heavy atom. The fraction of sp³-hybridized carbons (Fsp3) is 0.500. The van der Waals surface area contributed by atoms with E-state index in [-0.39, 0.29) is 23.9 Å². The number of aryl methyl sites for hydroxylation is 1. The molecule has 5 nitrogen and oxygen atoms in total. The first-order chi connectivity index (χ1) is 9.93. The molecule has 0 saturated carbocycles. The Morgan fingerprint density at radius 3 is 2.38 bits per heavy atom. The Labute approximate surface area is 129 Å². The number of hydrogen-bond donors (Lipinski definition) is 0. The quantitative estimate of drug-likeness (QED) is 0.394. The molecule has 0 aliphatic rings. The van der Waals surface area contributed by atoms with E-state index in [1.807, 2.05) is 6.92 Å². The third-order valence-corrected chi connectivity index (χ3v) is 4.03. The molecule has 0 atom stereocenters. The van der Waals surface area contributed by atoms with E-state index in [0.717, 1.165) is 12.0 Å². The Balaban J connectivity index is 2.30. The molecule has 0 amide bonds. The zero-order valence-electron chi connectivity index (χ0n) is 11.9. The number of carbonyl (C=O) groups excluding carboxylic acids is 1. The van der Waals surface area contributed by atoms with Crippen LogP contribution in [0.1, 0.15) is 25.3 Å². The maximum atomic E-state index is 11.5. The Bertz CT molecular complexity index is 539. The van der Waals surface area contributed by atoms with E-state index in [9.17, 15) is 13.2 Å². The number of esters is 1. The predicted octanol–water partition coefficient (Wildman–Crippen LogP) is 2.52. The highest BCUT2D eigenvalue weighted by atomic mass is 35.7. The van der Waals surface area contributed by atoms with Crippen LogP contribution < -0.4 is 0 Å². The van der Waals surface area contributed by atoms with Crippen LogP contribution in [0.15, 0.2) is 29.2 Å². The predicted molar refractivity (Wildman–Crippen MR) is 79.9 cm³/mol. The minimum Gasteiger partial charge on any atom is -0.463 e. The molecule has 0 fully saturated rings. The van der Waals surface area contributed by atoms with Gasteiger partial charge >= 0.3 is 5.97 Å². The van der Waals surface area contributed by atoms with Crippen molar-refractivity contribution in [3.8, 4) is 0 Å². The van der Waals surface area contributed by atoms with Crippen LogP contribution in [-0.4, -0.2) is 34.2 Å². The van der Waals surface area contributed by atoms with Crippen molar-refractivity contribution in [3.05, 3.63) is 29.8 Å². The summed E-state index contributed by atoms with van der Waals surface area (Å²) >= 11 is 0. The van der Waals surface area contributed by atoms with Crippen molar-refractivity contribution in [3.63, 3.8) is 0 Å². The molecular weight excluding hydrogens is 316 g/mol. The third-order valence-electron chi connectivity index (χ3n) is 2.66. The van der Waals surface area contributed by atoms with Gasteiger partial charge in [0.15, 0.2) is 0 Å². The summed E-state index contributed by atoms with van der Waals surface area (Å²) in [5.74, 6) is -0.302. The van der Waals surface area contributed by atoms with Crippen LogP contribution in [0.4, 0.5) is 0 Å². The Hall–Kier alpha value is -1.11. The number of ether oxygens (including phenoxy) is 2. The van der Waals surface area contributed by atoms with E-state index in [4.69, 9.17) is 20.2 Å². The van der Waals surface area contributed by atoms with Gasteiger partial charge in [-0.2, -0.15) is 0 Å². The van der Waals surface area contributed by atoms with E-state index in [0.29, 0.717) is 19.6 Å². The molecule has 0 spiro atoms. The lowest BCUT2D eigenvalue weighted by Gasteiger charge is -2.06. The van der Waals surface area contributed by atoms with Gasteiger partial charge in [0.25, 0.3) is 9.05 Å². The second-order valence-corrected chi connectivity index (χ2v) is 6.98. The molecule has 0 saturated heterocycles. The van der Waals surface area contributed by atoms with Crippen molar-refractivity contribution in [2.45, 2.75) is 31.1 Å². The third kappa shape index (κ3) is 7.45. The first-order valence-corrected chi connectivity index (χ1v) is 9.01. The molecular formula is C14H19ClO5S. The normalized spacial score (nSPS) is 11.3. The summed E-state index contributed by atoms with van der Waals surface area (Å²) in [5.41, 5.74) is 0.846. The summed E-state index contributed by atoms with van der Waals surface area (Å²) in [5, 5.41) is 0. The van der Waals surface area contributed by atoms with Crippen LogP contribution in [-0.2, 0) is 29.7 Å². The molecule has 1 aromatic rings. The molecule has 0 heterocycles. The Morgan fingerprint density at radius 1 is 1.14 bits per heavy atom. The molecule has 0 bridgehead atoms. The maximum absolute atomic E-state index is 11.5. The average Bonchev–Trinajstić information content (AvgIpc) is 2.44. The van der Waals surface area contributed by atoms with Gasteiger partial charge < -0.3 is 9.47 Å². The molecule has 0 aromatic heterocycles. The number of carbonyl (C=O) groups is 1. The number of halogens is 1. The van der Waals surface area contributed by atoms with Gasteiger partial charge in [-0.1, -0.05) is 19.1 Å². The smallest absolute Gasteiger partial charge is 0.306 e. The highest BCUT2D eigenvalue weighted by Gasteiger charge is 2.09. The van der Waals surface area contributed by atoms with Crippen molar-refractivity contribution in [1.82, 2.24) is 0 Å². The SMILES string of the molecule is CCCOCCOC(=O)CCc1ccc(S(=O)(=O)Cl)cc1. The first-order valence-electron chi connectivity index (χ1n) is 6.70.